The molecule has 2 saturated carbocycles. The van der Waals surface area contributed by atoms with Gasteiger partial charge in [0.05, 0.1) is 0 Å². The van der Waals surface area contributed by atoms with Gasteiger partial charge >= 0.3 is 0 Å². The van der Waals surface area contributed by atoms with E-state index < -0.39 is 0 Å². The molecule has 2 bridgehead atoms. The Balaban J connectivity index is 1.49. The smallest absolute Gasteiger partial charge is 0.0129 e. The van der Waals surface area contributed by atoms with Crippen LogP contribution in [0, 0.1) is 16.7 Å². The number of piperidine rings is 1. The van der Waals surface area contributed by atoms with E-state index >= 15 is 0 Å². The van der Waals surface area contributed by atoms with Gasteiger partial charge in [-0.2, -0.15) is 0 Å². The summed E-state index contributed by atoms with van der Waals surface area (Å²) in [5, 5.41) is 3.91. The van der Waals surface area contributed by atoms with Gasteiger partial charge in [0.25, 0.3) is 0 Å². The molecule has 0 radical (unpaired) electrons. The summed E-state index contributed by atoms with van der Waals surface area (Å²) < 4.78 is 0. The highest BCUT2D eigenvalue weighted by atomic mass is 15.1. The summed E-state index contributed by atoms with van der Waals surface area (Å²) in [4.78, 5) is 2.65. The van der Waals surface area contributed by atoms with Gasteiger partial charge in [-0.25, -0.2) is 0 Å². The maximum absolute atomic E-state index is 3.91. The monoisotopic (exact) mass is 264 g/mol. The summed E-state index contributed by atoms with van der Waals surface area (Å²) in [6, 6.07) is 0.769. The van der Waals surface area contributed by atoms with Gasteiger partial charge in [-0.15, -0.1) is 0 Å². The molecule has 3 rings (SSSR count). The lowest BCUT2D eigenvalue weighted by atomic mass is 9.69. The Labute approximate surface area is 119 Å². The molecule has 0 spiro atoms. The van der Waals surface area contributed by atoms with Crippen LogP contribution in [0.3, 0.4) is 0 Å². The molecular weight excluding hydrogens is 232 g/mol. The highest BCUT2D eigenvalue weighted by Crippen LogP contribution is 2.65. The van der Waals surface area contributed by atoms with E-state index in [1.807, 2.05) is 0 Å². The molecule has 1 saturated heterocycles. The minimum atomic E-state index is 0.541. The molecule has 3 fully saturated rings. The van der Waals surface area contributed by atoms with Gasteiger partial charge in [-0.05, 0) is 61.9 Å². The van der Waals surface area contributed by atoms with Crippen LogP contribution in [-0.4, -0.2) is 37.1 Å². The molecule has 1 N–H and O–H groups in total. The summed E-state index contributed by atoms with van der Waals surface area (Å²) >= 11 is 0. The standard InChI is InChI=1S/C17H32N2/c1-16(2)14-7-8-17(16,3)15(13-14)18-9-12-19-10-5-4-6-11-19/h14-15,18H,4-13H2,1-3H3. The van der Waals surface area contributed by atoms with Gasteiger partial charge in [-0.3, -0.25) is 0 Å². The predicted octanol–water partition coefficient (Wildman–Crippen LogP) is 3.28. The van der Waals surface area contributed by atoms with Crippen LogP contribution < -0.4 is 5.32 Å². The Kier molecular flexibility index (Phi) is 3.68. The van der Waals surface area contributed by atoms with E-state index in [-0.39, 0.29) is 0 Å². The van der Waals surface area contributed by atoms with E-state index in [1.165, 1.54) is 64.7 Å². The van der Waals surface area contributed by atoms with Crippen LogP contribution >= 0.6 is 0 Å². The second-order valence-electron chi connectivity index (χ2n) is 8.02. The van der Waals surface area contributed by atoms with Crippen molar-refractivity contribution >= 4 is 0 Å². The third-order valence-corrected chi connectivity index (χ3v) is 7.06. The number of nitrogens with one attached hydrogen (secondary N) is 1. The maximum atomic E-state index is 3.91. The molecule has 2 aliphatic carbocycles. The second kappa shape index (κ2) is 5.04. The molecule has 0 aromatic rings. The molecule has 3 unspecified atom stereocenters. The number of hydrogen-bond acceptors (Lipinski definition) is 2. The summed E-state index contributed by atoms with van der Waals surface area (Å²) in [7, 11) is 0. The first-order valence-electron chi connectivity index (χ1n) is 8.50. The molecule has 2 heteroatoms. The fourth-order valence-electron chi connectivity index (χ4n) is 5.09. The fraction of sp³-hybridized carbons (Fsp3) is 1.00. The highest BCUT2D eigenvalue weighted by molar-refractivity contribution is 5.12. The summed E-state index contributed by atoms with van der Waals surface area (Å²) in [6.07, 6.45) is 8.59. The Hall–Kier alpha value is -0.0800. The zero-order valence-corrected chi connectivity index (χ0v) is 13.2. The maximum Gasteiger partial charge on any atom is 0.0129 e. The number of fused-ring (bicyclic) bond motifs is 2. The van der Waals surface area contributed by atoms with Crippen LogP contribution in [0.4, 0.5) is 0 Å². The summed E-state index contributed by atoms with van der Waals surface area (Å²) in [5.41, 5.74) is 1.09. The first-order chi connectivity index (χ1) is 9.04. The minimum absolute atomic E-state index is 0.541. The number of nitrogens with zero attached hydrogens (tertiary/aromatic N) is 1. The zero-order valence-electron chi connectivity index (χ0n) is 13.2. The minimum Gasteiger partial charge on any atom is -0.312 e. The molecule has 0 amide bonds. The van der Waals surface area contributed by atoms with E-state index in [9.17, 15) is 0 Å². The summed E-state index contributed by atoms with van der Waals surface area (Å²) in [5.74, 6) is 0.963. The SMILES string of the molecule is CC1(C)C2CCC1(C)C(NCCN1CCCCC1)C2. The normalized spacial score (nSPS) is 41.8. The van der Waals surface area contributed by atoms with Gasteiger partial charge in [0, 0.05) is 19.1 Å². The third-order valence-electron chi connectivity index (χ3n) is 7.06. The molecule has 19 heavy (non-hydrogen) atoms. The lowest BCUT2D eigenvalue weighted by Crippen LogP contribution is -2.47. The number of rotatable bonds is 4. The molecule has 2 nitrogen and oxygen atoms in total. The van der Waals surface area contributed by atoms with Crippen molar-refractivity contribution in [1.82, 2.24) is 10.2 Å². The predicted molar refractivity (Wildman–Crippen MR) is 81.3 cm³/mol. The molecule has 1 aliphatic heterocycles. The van der Waals surface area contributed by atoms with Gasteiger partial charge in [0.15, 0.2) is 0 Å². The molecule has 3 atom stereocenters. The lowest BCUT2D eigenvalue weighted by Gasteiger charge is -2.40. The Morgan fingerprint density at radius 3 is 2.42 bits per heavy atom. The average molecular weight is 264 g/mol. The average Bonchev–Trinajstić information content (AvgIpc) is 2.73. The van der Waals surface area contributed by atoms with Crippen LogP contribution in [0.2, 0.25) is 0 Å². The first kappa shape index (κ1) is 13.9. The second-order valence-corrected chi connectivity index (χ2v) is 8.02. The molecule has 3 aliphatic rings. The van der Waals surface area contributed by atoms with Crippen LogP contribution in [0.25, 0.3) is 0 Å². The van der Waals surface area contributed by atoms with E-state index in [0.717, 1.165) is 12.0 Å². The lowest BCUT2D eigenvalue weighted by molar-refractivity contribution is 0.118. The van der Waals surface area contributed by atoms with Gasteiger partial charge in [0.2, 0.25) is 0 Å². The molecule has 0 aromatic heterocycles. The third kappa shape index (κ3) is 2.25. The molecule has 1 heterocycles. The van der Waals surface area contributed by atoms with Gasteiger partial charge < -0.3 is 10.2 Å². The van der Waals surface area contributed by atoms with Crippen LogP contribution in [0.15, 0.2) is 0 Å². The van der Waals surface area contributed by atoms with E-state index in [1.54, 1.807) is 0 Å². The van der Waals surface area contributed by atoms with E-state index in [4.69, 9.17) is 0 Å². The number of hydrogen-bond donors (Lipinski definition) is 1. The van der Waals surface area contributed by atoms with Crippen molar-refractivity contribution < 1.29 is 0 Å². The topological polar surface area (TPSA) is 15.3 Å². The van der Waals surface area contributed by atoms with E-state index in [0.29, 0.717) is 10.8 Å². The zero-order chi connectivity index (χ0) is 13.5. The van der Waals surface area contributed by atoms with E-state index in [2.05, 4.69) is 31.0 Å². The van der Waals surface area contributed by atoms with Crippen molar-refractivity contribution in [2.24, 2.45) is 16.7 Å². The quantitative estimate of drug-likeness (QED) is 0.838. The van der Waals surface area contributed by atoms with Crippen molar-refractivity contribution in [2.45, 2.75) is 65.3 Å². The molecule has 110 valence electrons. The summed E-state index contributed by atoms with van der Waals surface area (Å²) in [6.45, 7) is 12.7. The largest absolute Gasteiger partial charge is 0.312 e. The van der Waals surface area contributed by atoms with Crippen LogP contribution in [-0.2, 0) is 0 Å². The van der Waals surface area contributed by atoms with Crippen molar-refractivity contribution in [3.8, 4) is 0 Å². The van der Waals surface area contributed by atoms with Crippen molar-refractivity contribution in [1.29, 1.82) is 0 Å². The van der Waals surface area contributed by atoms with Crippen LogP contribution in [0.1, 0.15) is 59.3 Å². The Bertz CT molecular complexity index is 319. The molecular formula is C17H32N2. The first-order valence-corrected chi connectivity index (χ1v) is 8.50. The highest BCUT2D eigenvalue weighted by Gasteiger charge is 2.60. The fourth-order valence-corrected chi connectivity index (χ4v) is 5.09. The number of likely N-dealkylation sites (tertiary alicyclic amines) is 1. The van der Waals surface area contributed by atoms with Crippen LogP contribution in [0.5, 0.6) is 0 Å². The van der Waals surface area contributed by atoms with Crippen molar-refractivity contribution in [2.75, 3.05) is 26.2 Å². The Morgan fingerprint density at radius 1 is 1.11 bits per heavy atom. The molecule has 0 aromatic carbocycles. The Morgan fingerprint density at radius 2 is 1.84 bits per heavy atom. The van der Waals surface area contributed by atoms with Crippen molar-refractivity contribution in [3.05, 3.63) is 0 Å². The van der Waals surface area contributed by atoms with Gasteiger partial charge in [-0.1, -0.05) is 27.2 Å². The van der Waals surface area contributed by atoms with Crippen molar-refractivity contribution in [3.63, 3.8) is 0 Å². The van der Waals surface area contributed by atoms with Gasteiger partial charge in [0.1, 0.15) is 0 Å².